The van der Waals surface area contributed by atoms with Gasteiger partial charge in [-0.05, 0) is 51.0 Å². The fourth-order valence-corrected chi connectivity index (χ4v) is 4.31. The SMILES string of the molecule is C=C/C=C(\C)c1cc(C)[c-]c(-c2nccc3c2ccc2c4ccccc4ccc32)c1.[Ir]. The molecule has 0 spiro atoms. The first-order valence-corrected chi connectivity index (χ1v) is 10.2. The van der Waals surface area contributed by atoms with Gasteiger partial charge in [-0.25, -0.2) is 0 Å². The molecule has 0 saturated carbocycles. The fraction of sp³-hybridized carbons (Fsp3) is 0.0690. The molecule has 153 valence electrons. The predicted molar refractivity (Wildman–Crippen MR) is 130 cm³/mol. The fourth-order valence-electron chi connectivity index (χ4n) is 4.31. The van der Waals surface area contributed by atoms with Crippen molar-refractivity contribution in [2.75, 3.05) is 0 Å². The van der Waals surface area contributed by atoms with E-state index in [0.717, 1.165) is 22.2 Å². The number of fused-ring (bicyclic) bond motifs is 5. The number of allylic oxidation sites excluding steroid dienone is 3. The zero-order valence-corrected chi connectivity index (χ0v) is 20.0. The van der Waals surface area contributed by atoms with E-state index in [1.165, 1.54) is 38.1 Å². The second-order valence-corrected chi connectivity index (χ2v) is 7.75. The number of benzene rings is 4. The van der Waals surface area contributed by atoms with Crippen LogP contribution >= 0.6 is 0 Å². The topological polar surface area (TPSA) is 12.9 Å². The van der Waals surface area contributed by atoms with Crippen LogP contribution in [0.25, 0.3) is 49.1 Å². The van der Waals surface area contributed by atoms with Crippen molar-refractivity contribution in [2.24, 2.45) is 0 Å². The summed E-state index contributed by atoms with van der Waals surface area (Å²) in [6, 6.07) is 27.4. The Hall–Kier alpha value is -3.06. The molecule has 0 atom stereocenters. The smallest absolute Gasteiger partial charge is 0.0167 e. The van der Waals surface area contributed by atoms with Crippen LogP contribution in [0, 0.1) is 13.0 Å². The third-order valence-corrected chi connectivity index (χ3v) is 5.75. The van der Waals surface area contributed by atoms with Gasteiger partial charge in [0, 0.05) is 26.3 Å². The Kier molecular flexibility index (Phi) is 5.87. The van der Waals surface area contributed by atoms with Gasteiger partial charge in [0.05, 0.1) is 0 Å². The minimum Gasteiger partial charge on any atom is -0.304 e. The van der Waals surface area contributed by atoms with Crippen molar-refractivity contribution in [3.63, 3.8) is 0 Å². The first-order valence-electron chi connectivity index (χ1n) is 10.2. The molecule has 0 aliphatic rings. The Balaban J connectivity index is 0.00000231. The minimum absolute atomic E-state index is 0. The van der Waals surface area contributed by atoms with Gasteiger partial charge in [-0.1, -0.05) is 79.8 Å². The summed E-state index contributed by atoms with van der Waals surface area (Å²) in [6.07, 6.45) is 5.77. The summed E-state index contributed by atoms with van der Waals surface area (Å²) in [5.41, 5.74) is 5.45. The molecule has 0 saturated heterocycles. The number of aryl methyl sites for hydroxylation is 1. The van der Waals surface area contributed by atoms with Crippen LogP contribution in [0.15, 0.2) is 91.7 Å². The zero-order valence-electron chi connectivity index (χ0n) is 17.6. The van der Waals surface area contributed by atoms with Gasteiger partial charge < -0.3 is 4.98 Å². The van der Waals surface area contributed by atoms with Gasteiger partial charge in [-0.15, -0.1) is 34.9 Å². The molecule has 1 aromatic heterocycles. The van der Waals surface area contributed by atoms with E-state index in [1.807, 2.05) is 18.3 Å². The summed E-state index contributed by atoms with van der Waals surface area (Å²) in [7, 11) is 0. The van der Waals surface area contributed by atoms with Crippen LogP contribution in [0.1, 0.15) is 18.1 Å². The van der Waals surface area contributed by atoms with Crippen molar-refractivity contribution in [3.05, 3.63) is 109 Å². The average Bonchev–Trinajstić information content (AvgIpc) is 2.78. The van der Waals surface area contributed by atoms with E-state index in [2.05, 4.69) is 93.2 Å². The maximum atomic E-state index is 4.76. The third-order valence-electron chi connectivity index (χ3n) is 5.75. The van der Waals surface area contributed by atoms with Gasteiger partial charge in [0.15, 0.2) is 0 Å². The van der Waals surface area contributed by atoms with E-state index >= 15 is 0 Å². The van der Waals surface area contributed by atoms with Crippen LogP contribution in [0.4, 0.5) is 0 Å². The number of hydrogen-bond acceptors (Lipinski definition) is 1. The first kappa shape index (κ1) is 21.2. The van der Waals surface area contributed by atoms with Gasteiger partial charge in [0.2, 0.25) is 0 Å². The van der Waals surface area contributed by atoms with Gasteiger partial charge >= 0.3 is 0 Å². The van der Waals surface area contributed by atoms with E-state index < -0.39 is 0 Å². The molecule has 1 heterocycles. The molecule has 1 nitrogen and oxygen atoms in total. The van der Waals surface area contributed by atoms with Crippen molar-refractivity contribution >= 4 is 37.9 Å². The second-order valence-electron chi connectivity index (χ2n) is 7.75. The summed E-state index contributed by atoms with van der Waals surface area (Å²) in [4.78, 5) is 4.76. The van der Waals surface area contributed by atoms with Crippen LogP contribution in [0.5, 0.6) is 0 Å². The van der Waals surface area contributed by atoms with Crippen molar-refractivity contribution in [1.29, 1.82) is 0 Å². The van der Waals surface area contributed by atoms with Crippen LogP contribution in [-0.2, 0) is 20.1 Å². The molecule has 5 aromatic rings. The maximum absolute atomic E-state index is 4.76. The molecule has 2 heteroatoms. The molecule has 0 amide bonds. The summed E-state index contributed by atoms with van der Waals surface area (Å²) in [6.45, 7) is 8.01. The van der Waals surface area contributed by atoms with Crippen molar-refractivity contribution in [1.82, 2.24) is 4.98 Å². The number of rotatable bonds is 3. The summed E-state index contributed by atoms with van der Waals surface area (Å²) in [5, 5.41) is 7.45. The van der Waals surface area contributed by atoms with E-state index in [-0.39, 0.29) is 20.1 Å². The zero-order chi connectivity index (χ0) is 20.7. The largest absolute Gasteiger partial charge is 0.304 e. The van der Waals surface area contributed by atoms with E-state index in [4.69, 9.17) is 4.98 Å². The van der Waals surface area contributed by atoms with E-state index in [0.29, 0.717) is 0 Å². The van der Waals surface area contributed by atoms with Crippen molar-refractivity contribution in [2.45, 2.75) is 13.8 Å². The maximum Gasteiger partial charge on any atom is 0.0167 e. The first-order chi connectivity index (χ1) is 14.7. The number of hydrogen-bond donors (Lipinski definition) is 0. The molecule has 1 radical (unpaired) electrons. The normalized spacial score (nSPS) is 11.6. The van der Waals surface area contributed by atoms with E-state index in [9.17, 15) is 0 Å². The van der Waals surface area contributed by atoms with Gasteiger partial charge in [-0.2, -0.15) is 0 Å². The van der Waals surface area contributed by atoms with Crippen molar-refractivity contribution < 1.29 is 20.1 Å². The Morgan fingerprint density at radius 1 is 0.871 bits per heavy atom. The summed E-state index contributed by atoms with van der Waals surface area (Å²) >= 11 is 0. The monoisotopic (exact) mass is 577 g/mol. The Morgan fingerprint density at radius 2 is 1.58 bits per heavy atom. The van der Waals surface area contributed by atoms with Crippen LogP contribution < -0.4 is 0 Å². The number of aromatic nitrogens is 1. The minimum atomic E-state index is 0. The van der Waals surface area contributed by atoms with Gasteiger partial charge in [0.25, 0.3) is 0 Å². The van der Waals surface area contributed by atoms with Gasteiger partial charge in [-0.3, -0.25) is 0 Å². The van der Waals surface area contributed by atoms with Crippen molar-refractivity contribution in [3.8, 4) is 11.3 Å². The molecule has 0 bridgehead atoms. The molecular formula is C29H22IrN-. The molecule has 0 N–H and O–H groups in total. The number of nitrogens with zero attached hydrogens (tertiary/aromatic N) is 1. The molecular weight excluding hydrogens is 555 g/mol. The third kappa shape index (κ3) is 3.74. The molecule has 0 unspecified atom stereocenters. The van der Waals surface area contributed by atoms with Gasteiger partial charge in [0.1, 0.15) is 0 Å². The number of pyridine rings is 1. The molecule has 0 fully saturated rings. The standard InChI is InChI=1S/C29H22N.Ir/c1-4-7-20(3)22-16-19(2)17-23(18-22)29-28-13-12-25-24-9-6-5-8-21(24)10-11-26(25)27(28)14-15-30-29;/h4-16,18H,1H2,2-3H3;/q-1;/b20-7+;. The molecule has 0 aliphatic carbocycles. The van der Waals surface area contributed by atoms with E-state index in [1.54, 1.807) is 0 Å². The van der Waals surface area contributed by atoms with Crippen LogP contribution in [0.2, 0.25) is 0 Å². The molecule has 31 heavy (non-hydrogen) atoms. The predicted octanol–water partition coefficient (Wildman–Crippen LogP) is 7.90. The quantitative estimate of drug-likeness (QED) is 0.121. The molecule has 0 aliphatic heterocycles. The average molecular weight is 577 g/mol. The Labute approximate surface area is 196 Å². The molecule has 4 aromatic carbocycles. The second kappa shape index (κ2) is 8.59. The van der Waals surface area contributed by atoms with Crippen LogP contribution in [-0.4, -0.2) is 4.98 Å². The Morgan fingerprint density at radius 3 is 2.42 bits per heavy atom. The Bertz CT molecular complexity index is 1480. The molecule has 5 rings (SSSR count). The summed E-state index contributed by atoms with van der Waals surface area (Å²) in [5.74, 6) is 0. The summed E-state index contributed by atoms with van der Waals surface area (Å²) < 4.78 is 0. The van der Waals surface area contributed by atoms with Crippen LogP contribution in [0.3, 0.4) is 0 Å².